The number of rotatable bonds is 8. The van der Waals surface area contributed by atoms with Crippen molar-refractivity contribution < 1.29 is 31.1 Å². The first kappa shape index (κ1) is 20.1. The molecular formula is C17H18F3NO4S. The Morgan fingerprint density at radius 1 is 1.04 bits per heavy atom. The Labute approximate surface area is 149 Å². The van der Waals surface area contributed by atoms with Crippen LogP contribution in [0.1, 0.15) is 11.1 Å². The van der Waals surface area contributed by atoms with Crippen molar-refractivity contribution in [3.8, 4) is 5.75 Å². The van der Waals surface area contributed by atoms with E-state index in [1.807, 2.05) is 0 Å². The predicted octanol–water partition coefficient (Wildman–Crippen LogP) is 3.67. The van der Waals surface area contributed by atoms with Crippen LogP contribution in [0.2, 0.25) is 0 Å². The largest absolute Gasteiger partial charge is 0.489 e. The first-order valence-electron chi connectivity index (χ1n) is 7.59. The van der Waals surface area contributed by atoms with Gasteiger partial charge in [0.15, 0.2) is 0 Å². The Morgan fingerprint density at radius 3 is 2.35 bits per heavy atom. The molecule has 0 aliphatic carbocycles. The zero-order valence-electron chi connectivity index (χ0n) is 13.9. The van der Waals surface area contributed by atoms with Gasteiger partial charge in [-0.3, -0.25) is 4.72 Å². The molecule has 0 spiro atoms. The molecule has 0 atom stereocenters. The van der Waals surface area contributed by atoms with Crippen LogP contribution in [0.3, 0.4) is 0 Å². The van der Waals surface area contributed by atoms with Crippen molar-refractivity contribution in [1.29, 1.82) is 0 Å². The lowest BCUT2D eigenvalue weighted by Crippen LogP contribution is -2.17. The van der Waals surface area contributed by atoms with E-state index in [9.17, 15) is 21.6 Å². The molecule has 0 aliphatic heterocycles. The van der Waals surface area contributed by atoms with Gasteiger partial charge in [-0.15, -0.1) is 0 Å². The summed E-state index contributed by atoms with van der Waals surface area (Å²) in [7, 11) is -2.49. The SMILES string of the molecule is COCCOc1ccc(C(F)(F)F)cc1NS(=O)(=O)Cc1ccccc1. The fourth-order valence-corrected chi connectivity index (χ4v) is 3.34. The molecule has 0 heterocycles. The van der Waals surface area contributed by atoms with Crippen LogP contribution in [0.5, 0.6) is 5.75 Å². The van der Waals surface area contributed by atoms with E-state index in [4.69, 9.17) is 9.47 Å². The topological polar surface area (TPSA) is 64.6 Å². The van der Waals surface area contributed by atoms with Crippen molar-refractivity contribution in [2.45, 2.75) is 11.9 Å². The van der Waals surface area contributed by atoms with Crippen LogP contribution >= 0.6 is 0 Å². The molecular weight excluding hydrogens is 371 g/mol. The Balaban J connectivity index is 2.28. The van der Waals surface area contributed by atoms with Crippen molar-refractivity contribution in [3.63, 3.8) is 0 Å². The third kappa shape index (κ3) is 5.92. The summed E-state index contributed by atoms with van der Waals surface area (Å²) in [4.78, 5) is 0. The van der Waals surface area contributed by atoms with E-state index in [0.717, 1.165) is 12.1 Å². The Bertz CT molecular complexity index is 824. The summed E-state index contributed by atoms with van der Waals surface area (Å²) in [5.74, 6) is -0.381. The Hall–Kier alpha value is -2.26. The smallest absolute Gasteiger partial charge is 0.416 e. The normalized spacial score (nSPS) is 12.0. The van der Waals surface area contributed by atoms with E-state index >= 15 is 0 Å². The first-order valence-corrected chi connectivity index (χ1v) is 9.24. The number of ether oxygens (including phenoxy) is 2. The van der Waals surface area contributed by atoms with E-state index < -0.39 is 21.8 Å². The van der Waals surface area contributed by atoms with Gasteiger partial charge in [-0.1, -0.05) is 30.3 Å². The zero-order chi connectivity index (χ0) is 19.2. The van der Waals surface area contributed by atoms with Crippen molar-refractivity contribution in [3.05, 3.63) is 59.7 Å². The van der Waals surface area contributed by atoms with Gasteiger partial charge in [0, 0.05) is 7.11 Å². The standard InChI is InChI=1S/C17H18F3NO4S/c1-24-9-10-25-16-8-7-14(17(18,19)20)11-15(16)21-26(22,23)12-13-5-3-2-4-6-13/h2-8,11,21H,9-10,12H2,1H3. The predicted molar refractivity (Wildman–Crippen MR) is 91.5 cm³/mol. The minimum absolute atomic E-state index is 0.00770. The Morgan fingerprint density at radius 2 is 1.73 bits per heavy atom. The summed E-state index contributed by atoms with van der Waals surface area (Å²) in [6.45, 7) is 0.270. The molecule has 0 aromatic heterocycles. The van der Waals surface area contributed by atoms with Gasteiger partial charge in [-0.2, -0.15) is 13.2 Å². The van der Waals surface area contributed by atoms with Gasteiger partial charge in [-0.05, 0) is 23.8 Å². The third-order valence-corrected chi connectivity index (χ3v) is 4.56. The van der Waals surface area contributed by atoms with Crippen molar-refractivity contribution >= 4 is 15.7 Å². The second-order valence-corrected chi connectivity index (χ2v) is 7.12. The molecule has 0 saturated carbocycles. The molecule has 26 heavy (non-hydrogen) atoms. The third-order valence-electron chi connectivity index (χ3n) is 3.32. The van der Waals surface area contributed by atoms with Crippen molar-refractivity contribution in [1.82, 2.24) is 0 Å². The minimum Gasteiger partial charge on any atom is -0.489 e. The maximum absolute atomic E-state index is 12.9. The van der Waals surface area contributed by atoms with Gasteiger partial charge in [-0.25, -0.2) is 8.42 Å². The highest BCUT2D eigenvalue weighted by molar-refractivity contribution is 7.91. The first-order chi connectivity index (χ1) is 12.2. The second kappa shape index (κ2) is 8.41. The molecule has 5 nitrogen and oxygen atoms in total. The van der Waals surface area contributed by atoms with E-state index in [-0.39, 0.29) is 30.4 Å². The molecule has 2 aromatic rings. The van der Waals surface area contributed by atoms with Crippen LogP contribution in [0, 0.1) is 0 Å². The number of sulfonamides is 1. The van der Waals surface area contributed by atoms with Crippen molar-refractivity contribution in [2.75, 3.05) is 25.0 Å². The molecule has 0 fully saturated rings. The molecule has 1 N–H and O–H groups in total. The lowest BCUT2D eigenvalue weighted by molar-refractivity contribution is -0.137. The highest BCUT2D eigenvalue weighted by atomic mass is 32.2. The average molecular weight is 389 g/mol. The number of benzene rings is 2. The van der Waals surface area contributed by atoms with E-state index in [1.54, 1.807) is 30.3 Å². The molecule has 9 heteroatoms. The van der Waals surface area contributed by atoms with Crippen LogP contribution < -0.4 is 9.46 Å². The van der Waals surface area contributed by atoms with Gasteiger partial charge in [0.2, 0.25) is 10.0 Å². The van der Waals surface area contributed by atoms with Gasteiger partial charge in [0.25, 0.3) is 0 Å². The fourth-order valence-electron chi connectivity index (χ4n) is 2.14. The summed E-state index contributed by atoms with van der Waals surface area (Å²) >= 11 is 0. The molecule has 0 bridgehead atoms. The summed E-state index contributed by atoms with van der Waals surface area (Å²) in [5.41, 5.74) is -0.741. The molecule has 0 amide bonds. The van der Waals surface area contributed by atoms with E-state index in [2.05, 4.69) is 4.72 Å². The zero-order valence-corrected chi connectivity index (χ0v) is 14.7. The van der Waals surface area contributed by atoms with Crippen LogP contribution in [-0.2, 0) is 26.7 Å². The number of methoxy groups -OCH3 is 1. The molecule has 0 radical (unpaired) electrons. The monoisotopic (exact) mass is 389 g/mol. The minimum atomic E-state index is -4.61. The quantitative estimate of drug-likeness (QED) is 0.700. The number of nitrogens with one attached hydrogen (secondary N) is 1. The van der Waals surface area contributed by atoms with Crippen LogP contribution in [0.25, 0.3) is 0 Å². The summed E-state index contributed by atoms with van der Waals surface area (Å²) < 4.78 is 75.8. The number of halogens is 3. The number of alkyl halides is 3. The molecule has 0 unspecified atom stereocenters. The van der Waals surface area contributed by atoms with Crippen molar-refractivity contribution in [2.24, 2.45) is 0 Å². The van der Waals surface area contributed by atoms with Crippen LogP contribution in [-0.4, -0.2) is 28.7 Å². The maximum Gasteiger partial charge on any atom is 0.416 e. The Kier molecular flexibility index (Phi) is 6.49. The van der Waals surface area contributed by atoms with Gasteiger partial charge >= 0.3 is 6.18 Å². The number of hydrogen-bond acceptors (Lipinski definition) is 4. The molecule has 0 saturated heterocycles. The summed E-state index contributed by atoms with van der Waals surface area (Å²) in [6.07, 6.45) is -4.61. The maximum atomic E-state index is 12.9. The highest BCUT2D eigenvalue weighted by Crippen LogP contribution is 2.35. The summed E-state index contributed by atoms with van der Waals surface area (Å²) in [6, 6.07) is 10.9. The fraction of sp³-hybridized carbons (Fsp3) is 0.294. The molecule has 142 valence electrons. The van der Waals surface area contributed by atoms with Gasteiger partial charge < -0.3 is 9.47 Å². The molecule has 0 aliphatic rings. The van der Waals surface area contributed by atoms with Crippen LogP contribution in [0.4, 0.5) is 18.9 Å². The lowest BCUT2D eigenvalue weighted by Gasteiger charge is -2.16. The van der Waals surface area contributed by atoms with E-state index in [1.165, 1.54) is 7.11 Å². The number of hydrogen-bond donors (Lipinski definition) is 1. The lowest BCUT2D eigenvalue weighted by atomic mass is 10.2. The van der Waals surface area contributed by atoms with Crippen LogP contribution in [0.15, 0.2) is 48.5 Å². The molecule has 2 rings (SSSR count). The van der Waals surface area contributed by atoms with E-state index in [0.29, 0.717) is 11.6 Å². The van der Waals surface area contributed by atoms with Gasteiger partial charge in [0.1, 0.15) is 12.4 Å². The number of anilines is 1. The summed E-state index contributed by atoms with van der Waals surface area (Å²) in [5, 5.41) is 0. The molecule has 2 aromatic carbocycles. The van der Waals surface area contributed by atoms with Gasteiger partial charge in [0.05, 0.1) is 23.6 Å². The average Bonchev–Trinajstić information content (AvgIpc) is 2.55. The second-order valence-electron chi connectivity index (χ2n) is 5.40. The highest BCUT2D eigenvalue weighted by Gasteiger charge is 2.31.